The lowest BCUT2D eigenvalue weighted by molar-refractivity contribution is -0.126. The highest BCUT2D eigenvalue weighted by Crippen LogP contribution is 2.32. The van der Waals surface area contributed by atoms with Crippen molar-refractivity contribution in [2.75, 3.05) is 13.2 Å². The maximum Gasteiger partial charge on any atom is 0.237 e. The molecule has 2 rings (SSSR count). The molecule has 1 heterocycles. The molecule has 2 aliphatic rings. The molecule has 1 amide bonds. The number of nitrogens with two attached hydrogens (primary N) is 1. The molecule has 1 saturated carbocycles. The Kier molecular flexibility index (Phi) is 4.05. The summed E-state index contributed by atoms with van der Waals surface area (Å²) < 4.78 is 5.58. The number of nitrogens with one attached hydrogen (secondary N) is 1. The molecule has 98 valence electrons. The average molecular weight is 240 g/mol. The van der Waals surface area contributed by atoms with Crippen LogP contribution in [-0.4, -0.2) is 30.7 Å². The summed E-state index contributed by atoms with van der Waals surface area (Å²) in [5.41, 5.74) is 5.12. The van der Waals surface area contributed by atoms with E-state index in [9.17, 15) is 4.79 Å². The molecular weight excluding hydrogens is 216 g/mol. The van der Waals surface area contributed by atoms with Crippen molar-refractivity contribution in [3.8, 4) is 0 Å². The Bertz CT molecular complexity index is 267. The fraction of sp³-hybridized carbons (Fsp3) is 0.923. The number of amides is 1. The van der Waals surface area contributed by atoms with Crippen molar-refractivity contribution in [3.63, 3.8) is 0 Å². The number of primary amides is 1. The van der Waals surface area contributed by atoms with E-state index in [4.69, 9.17) is 10.5 Å². The second kappa shape index (κ2) is 5.36. The van der Waals surface area contributed by atoms with Gasteiger partial charge in [0.2, 0.25) is 5.91 Å². The number of carbonyl (C=O) groups is 1. The molecule has 0 spiro atoms. The first-order valence-corrected chi connectivity index (χ1v) is 6.79. The van der Waals surface area contributed by atoms with E-state index < -0.39 is 5.54 Å². The monoisotopic (exact) mass is 240 g/mol. The minimum Gasteiger partial charge on any atom is -0.377 e. The van der Waals surface area contributed by atoms with Crippen molar-refractivity contribution in [1.29, 1.82) is 0 Å². The largest absolute Gasteiger partial charge is 0.377 e. The van der Waals surface area contributed by atoms with Gasteiger partial charge in [-0.25, -0.2) is 0 Å². The molecule has 1 saturated heterocycles. The topological polar surface area (TPSA) is 64.3 Å². The predicted octanol–water partition coefficient (Wildman–Crippen LogP) is 1.19. The summed E-state index contributed by atoms with van der Waals surface area (Å²) in [6, 6.07) is 0. The maximum atomic E-state index is 11.7. The molecule has 1 aliphatic heterocycles. The van der Waals surface area contributed by atoms with Crippen LogP contribution in [0.15, 0.2) is 0 Å². The molecule has 4 heteroatoms. The van der Waals surface area contributed by atoms with Crippen molar-refractivity contribution in [2.24, 2.45) is 11.7 Å². The molecule has 1 unspecified atom stereocenters. The van der Waals surface area contributed by atoms with E-state index in [0.717, 1.165) is 51.7 Å². The zero-order chi connectivity index (χ0) is 12.3. The third kappa shape index (κ3) is 2.99. The molecule has 17 heavy (non-hydrogen) atoms. The first-order valence-electron chi connectivity index (χ1n) is 6.79. The van der Waals surface area contributed by atoms with Gasteiger partial charge in [-0.2, -0.15) is 0 Å². The summed E-state index contributed by atoms with van der Waals surface area (Å²) in [7, 11) is 0. The van der Waals surface area contributed by atoms with Crippen LogP contribution < -0.4 is 11.1 Å². The summed E-state index contributed by atoms with van der Waals surface area (Å²) in [6.45, 7) is 3.86. The van der Waals surface area contributed by atoms with Crippen LogP contribution in [0.25, 0.3) is 0 Å². The lowest BCUT2D eigenvalue weighted by atomic mass is 9.76. The van der Waals surface area contributed by atoms with Crippen molar-refractivity contribution in [2.45, 2.75) is 57.1 Å². The van der Waals surface area contributed by atoms with Crippen molar-refractivity contribution >= 4 is 5.91 Å². The molecule has 0 aromatic heterocycles. The van der Waals surface area contributed by atoms with E-state index in [2.05, 4.69) is 12.2 Å². The highest BCUT2D eigenvalue weighted by atomic mass is 16.5. The van der Waals surface area contributed by atoms with E-state index in [-0.39, 0.29) is 12.0 Å². The highest BCUT2D eigenvalue weighted by Gasteiger charge is 2.39. The summed E-state index contributed by atoms with van der Waals surface area (Å²) in [5, 5.41) is 3.40. The standard InChI is InChI=1S/C13H24N2O2/c1-10-4-6-13(7-5-10,12(14)16)15-9-11-3-2-8-17-11/h10-11,15H,2-9H2,1H3,(H2,14,16). The van der Waals surface area contributed by atoms with Gasteiger partial charge in [0.15, 0.2) is 0 Å². The zero-order valence-electron chi connectivity index (χ0n) is 10.7. The van der Waals surface area contributed by atoms with Gasteiger partial charge in [0.1, 0.15) is 0 Å². The Balaban J connectivity index is 1.89. The van der Waals surface area contributed by atoms with Crippen LogP contribution in [0.1, 0.15) is 45.4 Å². The molecule has 2 fully saturated rings. The first kappa shape index (κ1) is 12.8. The Morgan fingerprint density at radius 1 is 1.41 bits per heavy atom. The third-order valence-electron chi connectivity index (χ3n) is 4.29. The Morgan fingerprint density at radius 2 is 2.12 bits per heavy atom. The zero-order valence-corrected chi connectivity index (χ0v) is 10.7. The van der Waals surface area contributed by atoms with Crippen LogP contribution in [0, 0.1) is 5.92 Å². The Labute approximate surface area is 103 Å². The van der Waals surface area contributed by atoms with Gasteiger partial charge in [0.05, 0.1) is 11.6 Å². The van der Waals surface area contributed by atoms with Gasteiger partial charge < -0.3 is 15.8 Å². The number of ether oxygens (including phenoxy) is 1. The summed E-state index contributed by atoms with van der Waals surface area (Å²) in [6.07, 6.45) is 6.41. The molecule has 3 N–H and O–H groups in total. The van der Waals surface area contributed by atoms with Gasteiger partial charge in [-0.05, 0) is 44.4 Å². The molecule has 1 aliphatic carbocycles. The molecule has 1 atom stereocenters. The normalized spacial score (nSPS) is 38.2. The van der Waals surface area contributed by atoms with Crippen LogP contribution in [0.5, 0.6) is 0 Å². The maximum absolute atomic E-state index is 11.7. The van der Waals surface area contributed by atoms with E-state index in [0.29, 0.717) is 5.92 Å². The molecule has 0 aromatic rings. The van der Waals surface area contributed by atoms with E-state index >= 15 is 0 Å². The van der Waals surface area contributed by atoms with Gasteiger partial charge in [-0.1, -0.05) is 6.92 Å². The van der Waals surface area contributed by atoms with E-state index in [1.54, 1.807) is 0 Å². The minimum atomic E-state index is -0.474. The fourth-order valence-corrected chi connectivity index (χ4v) is 2.88. The van der Waals surface area contributed by atoms with Crippen LogP contribution in [0.2, 0.25) is 0 Å². The SMILES string of the molecule is CC1CCC(NCC2CCCO2)(C(N)=O)CC1. The van der Waals surface area contributed by atoms with E-state index in [1.165, 1.54) is 0 Å². The van der Waals surface area contributed by atoms with Crippen LogP contribution in [-0.2, 0) is 9.53 Å². The number of hydrogen-bond donors (Lipinski definition) is 2. The molecule has 0 bridgehead atoms. The van der Waals surface area contributed by atoms with Crippen LogP contribution in [0.4, 0.5) is 0 Å². The molecule has 4 nitrogen and oxygen atoms in total. The predicted molar refractivity (Wildman–Crippen MR) is 66.5 cm³/mol. The summed E-state index contributed by atoms with van der Waals surface area (Å²) in [4.78, 5) is 11.7. The average Bonchev–Trinajstić information content (AvgIpc) is 2.81. The Hall–Kier alpha value is -0.610. The van der Waals surface area contributed by atoms with E-state index in [1.807, 2.05) is 0 Å². The first-order chi connectivity index (χ1) is 8.12. The number of rotatable bonds is 4. The summed E-state index contributed by atoms with van der Waals surface area (Å²) >= 11 is 0. The highest BCUT2D eigenvalue weighted by molar-refractivity contribution is 5.84. The third-order valence-corrected chi connectivity index (χ3v) is 4.29. The molecular formula is C13H24N2O2. The van der Waals surface area contributed by atoms with Crippen molar-refractivity contribution in [3.05, 3.63) is 0 Å². The van der Waals surface area contributed by atoms with Gasteiger partial charge in [0, 0.05) is 13.2 Å². The smallest absolute Gasteiger partial charge is 0.237 e. The number of hydrogen-bond acceptors (Lipinski definition) is 3. The quantitative estimate of drug-likeness (QED) is 0.776. The van der Waals surface area contributed by atoms with Gasteiger partial charge in [0.25, 0.3) is 0 Å². The van der Waals surface area contributed by atoms with Crippen LogP contribution in [0.3, 0.4) is 0 Å². The van der Waals surface area contributed by atoms with Crippen LogP contribution >= 0.6 is 0 Å². The second-order valence-corrected chi connectivity index (χ2v) is 5.64. The second-order valence-electron chi connectivity index (χ2n) is 5.64. The van der Waals surface area contributed by atoms with Crippen molar-refractivity contribution in [1.82, 2.24) is 5.32 Å². The lowest BCUT2D eigenvalue weighted by Gasteiger charge is -2.38. The van der Waals surface area contributed by atoms with Crippen molar-refractivity contribution < 1.29 is 9.53 Å². The lowest BCUT2D eigenvalue weighted by Crippen LogP contribution is -2.58. The number of carbonyl (C=O) groups excluding carboxylic acids is 1. The van der Waals surface area contributed by atoms with Gasteiger partial charge in [-0.15, -0.1) is 0 Å². The fourth-order valence-electron chi connectivity index (χ4n) is 2.88. The minimum absolute atomic E-state index is 0.192. The molecule has 0 aromatic carbocycles. The van der Waals surface area contributed by atoms with Gasteiger partial charge >= 0.3 is 0 Å². The summed E-state index contributed by atoms with van der Waals surface area (Å²) in [5.74, 6) is 0.523. The Morgan fingerprint density at radius 3 is 2.65 bits per heavy atom. The molecule has 0 radical (unpaired) electrons. The van der Waals surface area contributed by atoms with Gasteiger partial charge in [-0.3, -0.25) is 4.79 Å².